The summed E-state index contributed by atoms with van der Waals surface area (Å²) in [6.45, 7) is 4.57. The largest absolute Gasteiger partial charge is 0.379 e. The van der Waals surface area contributed by atoms with Crippen LogP contribution in [0, 0.1) is 12.0 Å². The van der Waals surface area contributed by atoms with Gasteiger partial charge in [0.15, 0.2) is 5.78 Å². The molecule has 1 atom stereocenters. The summed E-state index contributed by atoms with van der Waals surface area (Å²) in [5.74, 6) is 2.82. The number of carbonyl (C=O) groups is 1. The number of nitrogens with zero attached hydrogens (tertiary/aromatic N) is 4. The Balaban J connectivity index is 1.82. The molecule has 0 aliphatic carbocycles. The van der Waals surface area contributed by atoms with Crippen LogP contribution in [0.25, 0.3) is 17.0 Å². The van der Waals surface area contributed by atoms with Gasteiger partial charge in [-0.25, -0.2) is 4.98 Å². The van der Waals surface area contributed by atoms with Crippen LogP contribution in [0.1, 0.15) is 42.7 Å². The molecule has 0 spiro atoms. The minimum atomic E-state index is 0.00711. The van der Waals surface area contributed by atoms with E-state index in [0.717, 1.165) is 22.6 Å². The maximum Gasteiger partial charge on any atom is 0.183 e. The number of pyridine rings is 1. The molecule has 3 aromatic rings. The number of ether oxygens (including phenoxy) is 1. The Labute approximate surface area is 158 Å². The van der Waals surface area contributed by atoms with Crippen LogP contribution in [-0.4, -0.2) is 37.7 Å². The fraction of sp³-hybridized carbons (Fsp3) is 0.350. The first kappa shape index (κ1) is 18.7. The monoisotopic (exact) mass is 365 g/mol. The molecular weight excluding hydrogens is 342 g/mol. The molecule has 0 saturated heterocycles. The zero-order valence-electron chi connectivity index (χ0n) is 15.8. The highest BCUT2D eigenvalue weighted by Crippen LogP contribution is 2.21. The topological polar surface area (TPSA) is 87.4 Å². The molecular formula is C20H23N5O2. The van der Waals surface area contributed by atoms with E-state index in [2.05, 4.69) is 22.0 Å². The lowest BCUT2D eigenvalue weighted by Crippen LogP contribution is -2.11. The van der Waals surface area contributed by atoms with Gasteiger partial charge in [-0.2, -0.15) is 5.10 Å². The highest BCUT2D eigenvalue weighted by molar-refractivity contribution is 5.95. The summed E-state index contributed by atoms with van der Waals surface area (Å²) in [6, 6.07) is 7.91. The molecule has 0 aliphatic rings. The molecule has 3 rings (SSSR count). The molecule has 0 radical (unpaired) electrons. The number of hydrogen-bond acceptors (Lipinski definition) is 5. The van der Waals surface area contributed by atoms with Gasteiger partial charge in [0.05, 0.1) is 11.8 Å². The van der Waals surface area contributed by atoms with E-state index in [1.165, 1.54) is 0 Å². The van der Waals surface area contributed by atoms with Gasteiger partial charge in [-0.3, -0.25) is 9.48 Å². The summed E-state index contributed by atoms with van der Waals surface area (Å²) in [7, 11) is 1.81. The Kier molecular flexibility index (Phi) is 5.57. The normalized spacial score (nSPS) is 12.0. The smallest absolute Gasteiger partial charge is 0.183 e. The van der Waals surface area contributed by atoms with Gasteiger partial charge < -0.3 is 14.9 Å². The number of nitrogens with two attached hydrogens (primary N) is 1. The van der Waals surface area contributed by atoms with E-state index in [9.17, 15) is 4.79 Å². The van der Waals surface area contributed by atoms with Crippen LogP contribution in [0.4, 0.5) is 0 Å². The van der Waals surface area contributed by atoms with Gasteiger partial charge in [0.1, 0.15) is 17.0 Å². The third-order valence-electron chi connectivity index (χ3n) is 4.33. The molecule has 0 aliphatic heterocycles. The van der Waals surface area contributed by atoms with E-state index in [0.29, 0.717) is 25.1 Å². The van der Waals surface area contributed by atoms with Crippen molar-refractivity contribution >= 4 is 11.4 Å². The predicted molar refractivity (Wildman–Crippen MR) is 103 cm³/mol. The van der Waals surface area contributed by atoms with Gasteiger partial charge in [-0.1, -0.05) is 0 Å². The van der Waals surface area contributed by atoms with Crippen LogP contribution in [0.5, 0.6) is 0 Å². The SMILES string of the molecule is CCOC(C)CCC(=O)c1cc(-c2cn3ccc(C#CN)cc3n2)n(C)n1. The molecule has 140 valence electrons. The molecule has 0 amide bonds. The average molecular weight is 365 g/mol. The van der Waals surface area contributed by atoms with E-state index >= 15 is 0 Å². The molecule has 3 aromatic heterocycles. The van der Waals surface area contributed by atoms with Gasteiger partial charge in [0, 0.05) is 44.1 Å². The number of aryl methyl sites for hydroxylation is 1. The molecule has 27 heavy (non-hydrogen) atoms. The van der Waals surface area contributed by atoms with E-state index in [4.69, 9.17) is 10.5 Å². The molecule has 2 N–H and O–H groups in total. The second-order valence-electron chi connectivity index (χ2n) is 6.34. The average Bonchev–Trinajstić information content (AvgIpc) is 3.23. The standard InChI is InChI=1S/C20H23N5O2/c1-4-27-14(2)5-6-19(26)16-12-18(24(3)23-16)17-13-25-10-8-15(7-9-21)11-20(25)22-17/h8,10-14H,4-6,21H2,1-3H3. The Morgan fingerprint density at radius 3 is 2.96 bits per heavy atom. The number of aromatic nitrogens is 4. The minimum Gasteiger partial charge on any atom is -0.379 e. The van der Waals surface area contributed by atoms with Crippen molar-refractivity contribution in [1.29, 1.82) is 0 Å². The van der Waals surface area contributed by atoms with Gasteiger partial charge in [0.2, 0.25) is 0 Å². The summed E-state index contributed by atoms with van der Waals surface area (Å²) >= 11 is 0. The first-order valence-corrected chi connectivity index (χ1v) is 8.91. The number of hydrogen-bond donors (Lipinski definition) is 1. The third kappa shape index (κ3) is 4.18. The van der Waals surface area contributed by atoms with Crippen LogP contribution in [0.3, 0.4) is 0 Å². The first-order valence-electron chi connectivity index (χ1n) is 8.91. The number of imidazole rings is 1. The zero-order chi connectivity index (χ0) is 19.4. The highest BCUT2D eigenvalue weighted by Gasteiger charge is 2.17. The van der Waals surface area contributed by atoms with E-state index in [1.807, 2.05) is 49.8 Å². The van der Waals surface area contributed by atoms with Crippen LogP contribution in [0.15, 0.2) is 30.6 Å². The second-order valence-corrected chi connectivity index (χ2v) is 6.34. The van der Waals surface area contributed by atoms with Crippen molar-refractivity contribution < 1.29 is 9.53 Å². The molecule has 0 bridgehead atoms. The van der Waals surface area contributed by atoms with Gasteiger partial charge >= 0.3 is 0 Å². The Morgan fingerprint density at radius 2 is 2.22 bits per heavy atom. The zero-order valence-corrected chi connectivity index (χ0v) is 15.8. The Morgan fingerprint density at radius 1 is 1.41 bits per heavy atom. The summed E-state index contributed by atoms with van der Waals surface area (Å²) in [6.07, 6.45) is 4.92. The number of rotatable bonds is 7. The Bertz CT molecular complexity index is 1020. The lowest BCUT2D eigenvalue weighted by molar-refractivity contribution is 0.0649. The number of Topliss-reactive ketones (excluding diaryl/α,β-unsaturated/α-hetero) is 1. The van der Waals surface area contributed by atoms with Crippen LogP contribution in [0.2, 0.25) is 0 Å². The second kappa shape index (κ2) is 8.06. The van der Waals surface area contributed by atoms with Crippen molar-refractivity contribution in [3.05, 3.63) is 41.9 Å². The summed E-state index contributed by atoms with van der Waals surface area (Å²) in [4.78, 5) is 17.1. The fourth-order valence-corrected chi connectivity index (χ4v) is 2.94. The summed E-state index contributed by atoms with van der Waals surface area (Å²) in [5.41, 5.74) is 8.80. The lowest BCUT2D eigenvalue weighted by Gasteiger charge is -2.09. The molecule has 0 saturated carbocycles. The van der Waals surface area contributed by atoms with Crippen molar-refractivity contribution in [2.45, 2.75) is 32.8 Å². The number of carbonyl (C=O) groups excluding carboxylic acids is 1. The summed E-state index contributed by atoms with van der Waals surface area (Å²) in [5, 5.41) is 4.37. The van der Waals surface area contributed by atoms with Crippen molar-refractivity contribution in [2.24, 2.45) is 12.8 Å². The van der Waals surface area contributed by atoms with Crippen molar-refractivity contribution in [2.75, 3.05) is 6.61 Å². The molecule has 7 heteroatoms. The van der Waals surface area contributed by atoms with Crippen molar-refractivity contribution in [3.8, 4) is 23.4 Å². The van der Waals surface area contributed by atoms with Gasteiger partial charge in [-0.05, 0) is 44.4 Å². The van der Waals surface area contributed by atoms with Crippen LogP contribution in [-0.2, 0) is 11.8 Å². The molecule has 1 unspecified atom stereocenters. The summed E-state index contributed by atoms with van der Waals surface area (Å²) < 4.78 is 9.06. The van der Waals surface area contributed by atoms with Crippen molar-refractivity contribution in [1.82, 2.24) is 19.2 Å². The molecule has 3 heterocycles. The minimum absolute atomic E-state index is 0.00711. The van der Waals surface area contributed by atoms with Crippen LogP contribution < -0.4 is 5.73 Å². The fourth-order valence-electron chi connectivity index (χ4n) is 2.94. The quantitative estimate of drug-likeness (QED) is 0.395. The maximum absolute atomic E-state index is 12.5. The van der Waals surface area contributed by atoms with Gasteiger partial charge in [-0.15, -0.1) is 0 Å². The molecule has 7 nitrogen and oxygen atoms in total. The van der Waals surface area contributed by atoms with Crippen molar-refractivity contribution in [3.63, 3.8) is 0 Å². The third-order valence-corrected chi connectivity index (χ3v) is 4.33. The highest BCUT2D eigenvalue weighted by atomic mass is 16.5. The van der Waals surface area contributed by atoms with E-state index < -0.39 is 0 Å². The van der Waals surface area contributed by atoms with E-state index in [-0.39, 0.29) is 11.9 Å². The number of fused-ring (bicyclic) bond motifs is 1. The predicted octanol–water partition coefficient (Wildman–Crippen LogP) is 2.39. The maximum atomic E-state index is 12.5. The van der Waals surface area contributed by atoms with Crippen LogP contribution >= 0.6 is 0 Å². The molecule has 0 fully saturated rings. The first-order chi connectivity index (χ1) is 13.0. The lowest BCUT2D eigenvalue weighted by atomic mass is 10.1. The number of ketones is 1. The van der Waals surface area contributed by atoms with E-state index in [1.54, 1.807) is 10.7 Å². The van der Waals surface area contributed by atoms with Gasteiger partial charge in [0.25, 0.3) is 0 Å². The Hall–Kier alpha value is -3.11. The molecule has 0 aromatic carbocycles.